The minimum Gasteiger partial charge on any atom is -0.395 e. The van der Waals surface area contributed by atoms with Crippen LogP contribution in [0.15, 0.2) is 28.8 Å². The van der Waals surface area contributed by atoms with Gasteiger partial charge in [-0.25, -0.2) is 8.78 Å². The van der Waals surface area contributed by atoms with E-state index in [0.717, 1.165) is 0 Å². The van der Waals surface area contributed by atoms with Crippen LogP contribution >= 0.6 is 0 Å². The van der Waals surface area contributed by atoms with Crippen molar-refractivity contribution in [3.63, 3.8) is 0 Å². The Morgan fingerprint density at radius 3 is 2.95 bits per heavy atom. The summed E-state index contributed by atoms with van der Waals surface area (Å²) in [5.74, 6) is 0.0172. The van der Waals surface area contributed by atoms with E-state index in [-0.39, 0.29) is 43.0 Å². The molecule has 5 nitrogen and oxygen atoms in total. The zero-order valence-electron chi connectivity index (χ0n) is 11.2. The Kier molecular flexibility index (Phi) is 3.94. The summed E-state index contributed by atoms with van der Waals surface area (Å²) >= 11 is 0. The molecule has 0 spiro atoms. The number of halogens is 2. The Labute approximate surface area is 120 Å². The van der Waals surface area contributed by atoms with Gasteiger partial charge in [0.1, 0.15) is 12.0 Å². The third-order valence-electron chi connectivity index (χ3n) is 3.61. The predicted octanol–water partition coefficient (Wildman–Crippen LogP) is 1.78. The van der Waals surface area contributed by atoms with E-state index in [4.69, 9.17) is 4.52 Å². The quantitative estimate of drug-likeness (QED) is 0.931. The molecule has 3 rings (SSSR count). The summed E-state index contributed by atoms with van der Waals surface area (Å²) in [6.45, 7) is 0.352. The van der Waals surface area contributed by atoms with Crippen LogP contribution in [0.2, 0.25) is 0 Å². The molecule has 1 saturated heterocycles. The van der Waals surface area contributed by atoms with Crippen LogP contribution in [-0.2, 0) is 6.54 Å². The van der Waals surface area contributed by atoms with Crippen molar-refractivity contribution >= 4 is 0 Å². The summed E-state index contributed by atoms with van der Waals surface area (Å²) in [7, 11) is 0. The summed E-state index contributed by atoms with van der Waals surface area (Å²) in [6.07, 6.45) is -0.665. The summed E-state index contributed by atoms with van der Waals surface area (Å²) in [6, 6.07) is 5.90. The van der Waals surface area contributed by atoms with E-state index in [1.807, 2.05) is 0 Å². The van der Waals surface area contributed by atoms with Crippen LogP contribution in [0.25, 0.3) is 11.4 Å². The highest BCUT2D eigenvalue weighted by Crippen LogP contribution is 2.23. The molecule has 2 aromatic rings. The average molecular weight is 295 g/mol. The van der Waals surface area contributed by atoms with Crippen molar-refractivity contribution in [3.05, 3.63) is 36.0 Å². The van der Waals surface area contributed by atoms with E-state index in [2.05, 4.69) is 10.1 Å². The van der Waals surface area contributed by atoms with Gasteiger partial charge >= 0.3 is 0 Å². The van der Waals surface area contributed by atoms with Crippen LogP contribution in [0, 0.1) is 5.82 Å². The first-order valence-corrected chi connectivity index (χ1v) is 6.74. The van der Waals surface area contributed by atoms with Crippen LogP contribution < -0.4 is 0 Å². The summed E-state index contributed by atoms with van der Waals surface area (Å²) in [5.41, 5.74) is 0.260. The van der Waals surface area contributed by atoms with E-state index in [9.17, 15) is 13.9 Å². The third-order valence-corrected chi connectivity index (χ3v) is 3.61. The van der Waals surface area contributed by atoms with Gasteiger partial charge < -0.3 is 9.63 Å². The van der Waals surface area contributed by atoms with E-state index in [1.165, 1.54) is 6.07 Å². The van der Waals surface area contributed by atoms with E-state index < -0.39 is 12.0 Å². The fraction of sp³-hybridized carbons (Fsp3) is 0.429. The van der Waals surface area contributed by atoms with Crippen LogP contribution in [0.3, 0.4) is 0 Å². The molecule has 7 heteroatoms. The maximum Gasteiger partial charge on any atom is 0.241 e. The summed E-state index contributed by atoms with van der Waals surface area (Å²) < 4.78 is 32.1. The van der Waals surface area contributed by atoms with Gasteiger partial charge in [-0.3, -0.25) is 4.90 Å². The molecule has 112 valence electrons. The molecular weight excluding hydrogens is 280 g/mol. The number of likely N-dealkylation sites (tertiary alicyclic amines) is 1. The van der Waals surface area contributed by atoms with Gasteiger partial charge in [-0.15, -0.1) is 0 Å². The predicted molar refractivity (Wildman–Crippen MR) is 70.5 cm³/mol. The number of aromatic nitrogens is 2. The maximum atomic E-state index is 13.6. The van der Waals surface area contributed by atoms with Crippen molar-refractivity contribution in [2.45, 2.75) is 25.2 Å². The van der Waals surface area contributed by atoms with Crippen LogP contribution in [0.1, 0.15) is 12.3 Å². The van der Waals surface area contributed by atoms with E-state index in [0.29, 0.717) is 6.42 Å². The van der Waals surface area contributed by atoms with Crippen LogP contribution in [0.5, 0.6) is 0 Å². The Balaban J connectivity index is 1.75. The van der Waals surface area contributed by atoms with Gasteiger partial charge in [0.05, 0.1) is 18.7 Å². The fourth-order valence-corrected chi connectivity index (χ4v) is 2.55. The average Bonchev–Trinajstić information content (AvgIpc) is 3.06. The number of hydrogen-bond acceptors (Lipinski definition) is 5. The van der Waals surface area contributed by atoms with Gasteiger partial charge in [0.25, 0.3) is 0 Å². The molecule has 21 heavy (non-hydrogen) atoms. The number of alkyl halides is 1. The van der Waals surface area contributed by atoms with Crippen molar-refractivity contribution in [2.24, 2.45) is 0 Å². The zero-order valence-corrected chi connectivity index (χ0v) is 11.2. The Bertz CT molecular complexity index is 620. The topological polar surface area (TPSA) is 62.4 Å². The first kappa shape index (κ1) is 14.1. The summed E-state index contributed by atoms with van der Waals surface area (Å²) in [4.78, 5) is 5.89. The second kappa shape index (κ2) is 5.87. The minimum absolute atomic E-state index is 0.116. The highest BCUT2D eigenvalue weighted by Gasteiger charge is 2.32. The second-order valence-corrected chi connectivity index (χ2v) is 5.09. The van der Waals surface area contributed by atoms with Crippen molar-refractivity contribution in [2.75, 3.05) is 13.2 Å². The Morgan fingerprint density at radius 2 is 2.19 bits per heavy atom. The van der Waals surface area contributed by atoms with Crippen LogP contribution in [0.4, 0.5) is 8.78 Å². The molecule has 2 heterocycles. The molecule has 1 fully saturated rings. The molecule has 0 radical (unpaired) electrons. The lowest BCUT2D eigenvalue weighted by atomic mass is 10.2. The number of benzene rings is 1. The normalized spacial score (nSPS) is 22.8. The largest absolute Gasteiger partial charge is 0.395 e. The van der Waals surface area contributed by atoms with Crippen molar-refractivity contribution in [3.8, 4) is 11.4 Å². The van der Waals surface area contributed by atoms with E-state index in [1.54, 1.807) is 23.1 Å². The number of hydrogen-bond donors (Lipinski definition) is 1. The second-order valence-electron chi connectivity index (χ2n) is 5.09. The lowest BCUT2D eigenvalue weighted by Gasteiger charge is -2.19. The van der Waals surface area contributed by atoms with Gasteiger partial charge in [0.2, 0.25) is 11.7 Å². The summed E-state index contributed by atoms with van der Waals surface area (Å²) in [5, 5.41) is 13.0. The molecule has 1 aromatic heterocycles. The SMILES string of the molecule is OC[C@@H]1C[C@H](F)CN1Cc1nc(-c2ccccc2F)no1. The smallest absolute Gasteiger partial charge is 0.241 e. The first-order valence-electron chi connectivity index (χ1n) is 6.74. The Morgan fingerprint density at radius 1 is 1.38 bits per heavy atom. The highest BCUT2D eigenvalue weighted by molar-refractivity contribution is 5.54. The molecule has 0 unspecified atom stereocenters. The van der Waals surface area contributed by atoms with Gasteiger partial charge in [-0.2, -0.15) is 4.98 Å². The minimum atomic E-state index is -0.962. The number of aliphatic hydroxyl groups excluding tert-OH is 1. The lowest BCUT2D eigenvalue weighted by Crippen LogP contribution is -2.31. The number of nitrogens with zero attached hydrogens (tertiary/aromatic N) is 3. The number of rotatable bonds is 4. The van der Waals surface area contributed by atoms with Crippen molar-refractivity contribution in [1.82, 2.24) is 15.0 Å². The zero-order chi connectivity index (χ0) is 14.8. The Hall–Kier alpha value is -1.86. The van der Waals surface area contributed by atoms with Gasteiger partial charge in [-0.1, -0.05) is 17.3 Å². The standard InChI is InChI=1S/C14H15F2N3O2/c15-9-5-10(8-20)19(6-9)7-13-17-14(18-21-13)11-3-1-2-4-12(11)16/h1-4,9-10,20H,5-8H2/t9-,10-/m0/s1. The van der Waals surface area contributed by atoms with E-state index >= 15 is 0 Å². The fourth-order valence-electron chi connectivity index (χ4n) is 2.55. The first-order chi connectivity index (χ1) is 10.2. The lowest BCUT2D eigenvalue weighted by molar-refractivity contribution is 0.140. The van der Waals surface area contributed by atoms with Gasteiger partial charge in [0, 0.05) is 12.6 Å². The van der Waals surface area contributed by atoms with Crippen LogP contribution in [-0.4, -0.2) is 45.5 Å². The molecule has 0 aliphatic carbocycles. The van der Waals surface area contributed by atoms with Gasteiger partial charge in [0.15, 0.2) is 0 Å². The van der Waals surface area contributed by atoms with Crippen molar-refractivity contribution < 1.29 is 18.4 Å². The molecule has 1 aliphatic heterocycles. The highest BCUT2D eigenvalue weighted by atomic mass is 19.1. The molecule has 0 saturated carbocycles. The molecule has 1 aliphatic rings. The molecular formula is C14H15F2N3O2. The maximum absolute atomic E-state index is 13.6. The molecule has 0 amide bonds. The molecule has 2 atom stereocenters. The number of aliphatic hydroxyl groups is 1. The monoisotopic (exact) mass is 295 g/mol. The van der Waals surface area contributed by atoms with Crippen molar-refractivity contribution in [1.29, 1.82) is 0 Å². The molecule has 1 aromatic carbocycles. The third kappa shape index (κ3) is 2.93. The van der Waals surface area contributed by atoms with Gasteiger partial charge in [-0.05, 0) is 18.6 Å². The molecule has 1 N–H and O–H groups in total. The molecule has 0 bridgehead atoms.